The van der Waals surface area contributed by atoms with E-state index in [-0.39, 0.29) is 24.8 Å². The van der Waals surface area contributed by atoms with Crippen molar-refractivity contribution in [1.82, 2.24) is 10.2 Å². The summed E-state index contributed by atoms with van der Waals surface area (Å²) in [6.07, 6.45) is 0.0990. The van der Waals surface area contributed by atoms with E-state index in [0.717, 1.165) is 27.8 Å². The van der Waals surface area contributed by atoms with E-state index < -0.39 is 6.04 Å². The fourth-order valence-corrected chi connectivity index (χ4v) is 4.47. The Bertz CT molecular complexity index is 1370. The molecule has 2 amide bonds. The first kappa shape index (κ1) is 27.5. The molecule has 0 saturated heterocycles. The van der Waals surface area contributed by atoms with Crippen LogP contribution in [0.2, 0.25) is 0 Å². The first-order chi connectivity index (χ1) is 19.0. The lowest BCUT2D eigenvalue weighted by atomic mass is 10.0. The van der Waals surface area contributed by atoms with Crippen molar-refractivity contribution in [2.24, 2.45) is 0 Å². The molecule has 0 aliphatic rings. The SMILES string of the molecule is COc1ccc(CC(=O)N(Cc2ccccc2)C(C(=O)NCc2ccc(C)cc2)c2ccccc2)cc1OC. The number of benzene rings is 4. The van der Waals surface area contributed by atoms with Crippen LogP contribution in [0.1, 0.15) is 33.9 Å². The van der Waals surface area contributed by atoms with Crippen LogP contribution in [0.15, 0.2) is 103 Å². The Morgan fingerprint density at radius 3 is 2.00 bits per heavy atom. The van der Waals surface area contributed by atoms with Crippen molar-refractivity contribution in [3.8, 4) is 11.5 Å². The van der Waals surface area contributed by atoms with Gasteiger partial charge in [-0.25, -0.2) is 0 Å². The van der Waals surface area contributed by atoms with Gasteiger partial charge in [-0.2, -0.15) is 0 Å². The summed E-state index contributed by atoms with van der Waals surface area (Å²) in [7, 11) is 3.14. The summed E-state index contributed by atoms with van der Waals surface area (Å²) in [5, 5.41) is 3.07. The second kappa shape index (κ2) is 13.3. The number of aryl methyl sites for hydroxylation is 1. The molecule has 0 radical (unpaired) electrons. The second-order valence-electron chi connectivity index (χ2n) is 9.39. The molecular weight excluding hydrogens is 488 g/mol. The summed E-state index contributed by atoms with van der Waals surface area (Å²) >= 11 is 0. The van der Waals surface area contributed by atoms with Gasteiger partial charge < -0.3 is 19.7 Å². The van der Waals surface area contributed by atoms with Crippen LogP contribution in [0, 0.1) is 6.92 Å². The highest BCUT2D eigenvalue weighted by Gasteiger charge is 2.31. The van der Waals surface area contributed by atoms with Gasteiger partial charge in [-0.05, 0) is 41.3 Å². The van der Waals surface area contributed by atoms with E-state index >= 15 is 0 Å². The third-order valence-corrected chi connectivity index (χ3v) is 6.58. The number of hydrogen-bond donors (Lipinski definition) is 1. The lowest BCUT2D eigenvalue weighted by Crippen LogP contribution is -2.43. The first-order valence-corrected chi connectivity index (χ1v) is 12.9. The Balaban J connectivity index is 1.66. The topological polar surface area (TPSA) is 67.9 Å². The monoisotopic (exact) mass is 522 g/mol. The molecule has 0 aliphatic heterocycles. The highest BCUT2D eigenvalue weighted by Crippen LogP contribution is 2.29. The molecule has 6 heteroatoms. The van der Waals surface area contributed by atoms with Crippen molar-refractivity contribution < 1.29 is 19.1 Å². The summed E-state index contributed by atoms with van der Waals surface area (Å²) in [5.74, 6) is 0.726. The highest BCUT2D eigenvalue weighted by atomic mass is 16.5. The van der Waals surface area contributed by atoms with Crippen LogP contribution in [0.4, 0.5) is 0 Å². The normalized spacial score (nSPS) is 11.4. The summed E-state index contributed by atoms with van der Waals surface area (Å²) in [6, 6.07) is 31.8. The number of nitrogens with one attached hydrogen (secondary N) is 1. The molecule has 0 aliphatic carbocycles. The Kier molecular flexibility index (Phi) is 9.35. The number of carbonyl (C=O) groups excluding carboxylic acids is 2. The number of amides is 2. The zero-order valence-electron chi connectivity index (χ0n) is 22.6. The molecule has 4 aromatic rings. The van der Waals surface area contributed by atoms with Crippen molar-refractivity contribution in [1.29, 1.82) is 0 Å². The summed E-state index contributed by atoms with van der Waals surface area (Å²) in [4.78, 5) is 29.4. The number of carbonyl (C=O) groups is 2. The molecule has 0 saturated carbocycles. The van der Waals surface area contributed by atoms with E-state index in [1.165, 1.54) is 0 Å². The van der Waals surface area contributed by atoms with E-state index in [4.69, 9.17) is 9.47 Å². The van der Waals surface area contributed by atoms with Gasteiger partial charge in [0.25, 0.3) is 0 Å². The van der Waals surface area contributed by atoms with Gasteiger partial charge in [0, 0.05) is 13.1 Å². The smallest absolute Gasteiger partial charge is 0.247 e. The van der Waals surface area contributed by atoms with Crippen molar-refractivity contribution in [3.63, 3.8) is 0 Å². The quantitative estimate of drug-likeness (QED) is 0.277. The van der Waals surface area contributed by atoms with Crippen LogP contribution in [0.3, 0.4) is 0 Å². The molecule has 200 valence electrons. The average molecular weight is 523 g/mol. The minimum absolute atomic E-state index is 0.0990. The molecule has 1 unspecified atom stereocenters. The molecule has 0 spiro atoms. The molecule has 1 atom stereocenters. The van der Waals surface area contributed by atoms with Gasteiger partial charge in [0.1, 0.15) is 6.04 Å². The fourth-order valence-electron chi connectivity index (χ4n) is 4.47. The van der Waals surface area contributed by atoms with E-state index in [1.54, 1.807) is 31.3 Å². The lowest BCUT2D eigenvalue weighted by molar-refractivity contribution is -0.141. The fraction of sp³-hybridized carbons (Fsp3) is 0.212. The number of methoxy groups -OCH3 is 2. The van der Waals surface area contributed by atoms with E-state index in [1.807, 2.05) is 97.9 Å². The lowest BCUT2D eigenvalue weighted by Gasteiger charge is -2.32. The zero-order valence-corrected chi connectivity index (χ0v) is 22.6. The molecule has 0 bridgehead atoms. The Hall–Kier alpha value is -4.58. The van der Waals surface area contributed by atoms with Crippen LogP contribution in [0.25, 0.3) is 0 Å². The summed E-state index contributed by atoms with van der Waals surface area (Å²) in [5.41, 5.74) is 4.59. The number of rotatable bonds is 11. The third-order valence-electron chi connectivity index (χ3n) is 6.58. The maximum atomic E-state index is 14.0. The standard InChI is InChI=1S/C33H34N2O4/c1-24-14-16-25(17-15-24)22-34-33(37)32(28-12-8-5-9-13-28)35(23-26-10-6-4-7-11-26)31(36)21-27-18-19-29(38-2)30(20-27)39-3/h4-20,32H,21-23H2,1-3H3,(H,34,37). The minimum atomic E-state index is -0.815. The molecule has 0 fully saturated rings. The van der Waals surface area contributed by atoms with Crippen LogP contribution >= 0.6 is 0 Å². The van der Waals surface area contributed by atoms with Gasteiger partial charge in [0.2, 0.25) is 11.8 Å². The van der Waals surface area contributed by atoms with Crippen LogP contribution in [-0.2, 0) is 29.1 Å². The highest BCUT2D eigenvalue weighted by molar-refractivity contribution is 5.89. The number of nitrogens with zero attached hydrogens (tertiary/aromatic N) is 1. The maximum absolute atomic E-state index is 14.0. The van der Waals surface area contributed by atoms with E-state index in [0.29, 0.717) is 18.0 Å². The minimum Gasteiger partial charge on any atom is -0.493 e. The number of ether oxygens (including phenoxy) is 2. The van der Waals surface area contributed by atoms with Crippen LogP contribution in [0.5, 0.6) is 11.5 Å². The Morgan fingerprint density at radius 2 is 1.36 bits per heavy atom. The molecular formula is C33H34N2O4. The maximum Gasteiger partial charge on any atom is 0.247 e. The molecule has 4 aromatic carbocycles. The van der Waals surface area contributed by atoms with Crippen molar-refractivity contribution in [3.05, 3.63) is 131 Å². The van der Waals surface area contributed by atoms with E-state index in [2.05, 4.69) is 5.32 Å². The predicted molar refractivity (Wildman–Crippen MR) is 152 cm³/mol. The van der Waals surface area contributed by atoms with E-state index in [9.17, 15) is 9.59 Å². The van der Waals surface area contributed by atoms with Crippen LogP contribution in [-0.4, -0.2) is 30.9 Å². The van der Waals surface area contributed by atoms with Gasteiger partial charge in [0.05, 0.1) is 20.6 Å². The molecule has 39 heavy (non-hydrogen) atoms. The third kappa shape index (κ3) is 7.26. The summed E-state index contributed by atoms with van der Waals surface area (Å²) in [6.45, 7) is 2.68. The molecule has 6 nitrogen and oxygen atoms in total. The van der Waals surface area contributed by atoms with Crippen molar-refractivity contribution in [2.45, 2.75) is 32.5 Å². The summed E-state index contributed by atoms with van der Waals surface area (Å²) < 4.78 is 10.8. The predicted octanol–water partition coefficient (Wildman–Crippen LogP) is 5.64. The molecule has 0 aromatic heterocycles. The van der Waals surface area contributed by atoms with Crippen molar-refractivity contribution in [2.75, 3.05) is 14.2 Å². The number of hydrogen-bond acceptors (Lipinski definition) is 4. The van der Waals surface area contributed by atoms with Gasteiger partial charge in [-0.3, -0.25) is 9.59 Å². The van der Waals surface area contributed by atoms with Gasteiger partial charge in [0.15, 0.2) is 11.5 Å². The van der Waals surface area contributed by atoms with Gasteiger partial charge in [-0.1, -0.05) is 96.6 Å². The Morgan fingerprint density at radius 1 is 0.744 bits per heavy atom. The van der Waals surface area contributed by atoms with Gasteiger partial charge in [-0.15, -0.1) is 0 Å². The molecule has 0 heterocycles. The molecule has 4 rings (SSSR count). The average Bonchev–Trinajstić information content (AvgIpc) is 2.97. The van der Waals surface area contributed by atoms with Crippen LogP contribution < -0.4 is 14.8 Å². The van der Waals surface area contributed by atoms with Crippen molar-refractivity contribution >= 4 is 11.8 Å². The van der Waals surface area contributed by atoms with Gasteiger partial charge >= 0.3 is 0 Å². The second-order valence-corrected chi connectivity index (χ2v) is 9.39. The first-order valence-electron chi connectivity index (χ1n) is 12.9. The zero-order chi connectivity index (χ0) is 27.6. The molecule has 1 N–H and O–H groups in total. The Labute approximate surface area is 230 Å². The largest absolute Gasteiger partial charge is 0.493 e.